The molecule has 1 aliphatic heterocycles. The zero-order valence-electron chi connectivity index (χ0n) is 10.4. The van der Waals surface area contributed by atoms with Gasteiger partial charge in [0, 0.05) is 5.71 Å². The summed E-state index contributed by atoms with van der Waals surface area (Å²) < 4.78 is 18.1. The summed E-state index contributed by atoms with van der Waals surface area (Å²) in [5, 5.41) is 4.08. The van der Waals surface area contributed by atoms with Gasteiger partial charge in [-0.3, -0.25) is 13.8 Å². The highest BCUT2D eigenvalue weighted by Gasteiger charge is 2.47. The summed E-state index contributed by atoms with van der Waals surface area (Å²) in [4.78, 5) is 23.5. The number of ketones is 2. The molecule has 7 heteroatoms. The highest BCUT2D eigenvalue weighted by Crippen LogP contribution is 2.31. The van der Waals surface area contributed by atoms with Crippen molar-refractivity contribution in [3.63, 3.8) is 0 Å². The van der Waals surface area contributed by atoms with E-state index in [1.807, 2.05) is 0 Å². The molecule has 3 unspecified atom stereocenters. The number of allylic oxidation sites excluding steroid dienone is 1. The molecule has 0 aromatic rings. The molecular formula is C11H14N2O4S. The number of fused-ring (bicyclic) bond motifs is 1. The lowest BCUT2D eigenvalue weighted by molar-refractivity contribution is -0.136. The standard InChI is InChI=1S/C11H14N2O4S/c1-4-17-18(16)13-8-5-6(2)10(14)11(15)9(8)7(3)12-13/h5,8-9H,4H2,1-3H3. The minimum atomic E-state index is -1.74. The van der Waals surface area contributed by atoms with E-state index in [1.165, 1.54) is 4.41 Å². The van der Waals surface area contributed by atoms with E-state index in [4.69, 9.17) is 4.18 Å². The van der Waals surface area contributed by atoms with Gasteiger partial charge in [0.2, 0.25) is 11.6 Å². The summed E-state index contributed by atoms with van der Waals surface area (Å²) in [5.74, 6) is -1.61. The summed E-state index contributed by atoms with van der Waals surface area (Å²) in [6, 6.07) is -0.484. The highest BCUT2D eigenvalue weighted by atomic mass is 32.2. The van der Waals surface area contributed by atoms with Crippen LogP contribution in [0.25, 0.3) is 0 Å². The molecule has 0 N–H and O–H groups in total. The number of rotatable bonds is 3. The van der Waals surface area contributed by atoms with Crippen molar-refractivity contribution >= 4 is 28.5 Å². The first-order chi connectivity index (χ1) is 8.47. The van der Waals surface area contributed by atoms with Crippen molar-refractivity contribution in [3.05, 3.63) is 11.6 Å². The number of carbonyl (C=O) groups excluding carboxylic acids is 2. The van der Waals surface area contributed by atoms with Crippen LogP contribution in [0.1, 0.15) is 20.8 Å². The molecule has 0 aromatic carbocycles. The third-order valence-corrected chi connectivity index (χ3v) is 4.03. The van der Waals surface area contributed by atoms with Gasteiger partial charge in [0.1, 0.15) is 0 Å². The van der Waals surface area contributed by atoms with Crippen LogP contribution in [-0.2, 0) is 25.0 Å². The fraction of sp³-hybridized carbons (Fsp3) is 0.545. The third kappa shape index (κ3) is 1.93. The Bertz CT molecular complexity index is 497. The number of nitrogens with zero attached hydrogens (tertiary/aromatic N) is 2. The van der Waals surface area contributed by atoms with Crippen molar-refractivity contribution in [1.29, 1.82) is 0 Å². The number of hydrogen-bond donors (Lipinski definition) is 0. The molecule has 6 nitrogen and oxygen atoms in total. The van der Waals surface area contributed by atoms with Crippen LogP contribution in [0.3, 0.4) is 0 Å². The van der Waals surface area contributed by atoms with Crippen molar-refractivity contribution in [2.75, 3.05) is 6.61 Å². The van der Waals surface area contributed by atoms with Crippen LogP contribution < -0.4 is 0 Å². The van der Waals surface area contributed by atoms with Crippen molar-refractivity contribution in [3.8, 4) is 0 Å². The summed E-state index contributed by atoms with van der Waals surface area (Å²) >= 11 is -1.74. The van der Waals surface area contributed by atoms with E-state index in [2.05, 4.69) is 5.10 Å². The maximum atomic E-state index is 11.9. The Labute approximate surface area is 107 Å². The van der Waals surface area contributed by atoms with E-state index in [-0.39, 0.29) is 6.61 Å². The largest absolute Gasteiger partial charge is 0.290 e. The van der Waals surface area contributed by atoms with E-state index >= 15 is 0 Å². The lowest BCUT2D eigenvalue weighted by Crippen LogP contribution is -2.43. The van der Waals surface area contributed by atoms with E-state index in [0.29, 0.717) is 11.3 Å². The normalized spacial score (nSPS) is 28.9. The summed E-state index contributed by atoms with van der Waals surface area (Å²) in [5.41, 5.74) is 0.861. The molecule has 1 heterocycles. The lowest BCUT2D eigenvalue weighted by atomic mass is 9.82. The molecule has 0 saturated heterocycles. The van der Waals surface area contributed by atoms with E-state index < -0.39 is 34.8 Å². The van der Waals surface area contributed by atoms with Crippen molar-refractivity contribution in [2.24, 2.45) is 11.0 Å². The maximum absolute atomic E-state index is 11.9. The average Bonchev–Trinajstić information content (AvgIpc) is 2.64. The van der Waals surface area contributed by atoms with Gasteiger partial charge < -0.3 is 0 Å². The molecule has 2 aliphatic rings. The second kappa shape index (κ2) is 4.74. The second-order valence-electron chi connectivity index (χ2n) is 4.18. The zero-order valence-corrected chi connectivity index (χ0v) is 11.2. The predicted octanol–water partition coefficient (Wildman–Crippen LogP) is 0.376. The van der Waals surface area contributed by atoms with Gasteiger partial charge in [-0.15, -0.1) is 0 Å². The van der Waals surface area contributed by atoms with Gasteiger partial charge in [-0.25, -0.2) is 4.21 Å². The highest BCUT2D eigenvalue weighted by molar-refractivity contribution is 7.77. The van der Waals surface area contributed by atoms with Crippen molar-refractivity contribution in [2.45, 2.75) is 26.8 Å². The number of carbonyl (C=O) groups is 2. The Morgan fingerprint density at radius 3 is 2.72 bits per heavy atom. The van der Waals surface area contributed by atoms with Crippen LogP contribution in [0.5, 0.6) is 0 Å². The smallest absolute Gasteiger partial charge is 0.281 e. The summed E-state index contributed by atoms with van der Waals surface area (Å²) in [6.45, 7) is 5.23. The topological polar surface area (TPSA) is 76.0 Å². The molecule has 0 aromatic heterocycles. The van der Waals surface area contributed by atoms with Crippen LogP contribution in [0, 0.1) is 5.92 Å². The van der Waals surface area contributed by atoms with E-state index in [0.717, 1.165) is 0 Å². The lowest BCUT2D eigenvalue weighted by Gasteiger charge is -2.25. The average molecular weight is 270 g/mol. The fourth-order valence-electron chi connectivity index (χ4n) is 2.12. The first-order valence-corrected chi connectivity index (χ1v) is 6.67. The molecule has 0 bridgehead atoms. The summed E-state index contributed by atoms with van der Waals surface area (Å²) in [7, 11) is 0. The molecule has 2 rings (SSSR count). The van der Waals surface area contributed by atoms with Crippen LogP contribution in [0.2, 0.25) is 0 Å². The van der Waals surface area contributed by atoms with Gasteiger partial charge >= 0.3 is 0 Å². The van der Waals surface area contributed by atoms with Crippen LogP contribution in [0.15, 0.2) is 16.8 Å². The molecule has 1 aliphatic carbocycles. The molecule has 0 radical (unpaired) electrons. The Balaban J connectivity index is 2.36. The van der Waals surface area contributed by atoms with Gasteiger partial charge in [0.15, 0.2) is 0 Å². The molecule has 0 amide bonds. The maximum Gasteiger partial charge on any atom is 0.281 e. The van der Waals surface area contributed by atoms with E-state index in [1.54, 1.807) is 26.8 Å². The number of Topliss-reactive ketones (excluding diaryl/α,β-unsaturated/α-hetero) is 2. The number of hydrazone groups is 1. The SMILES string of the molecule is CCOS(=O)N1N=C(C)C2C(=O)C(=O)C(C)=CC21. The minimum absolute atomic E-state index is 0.282. The monoisotopic (exact) mass is 270 g/mol. The molecule has 98 valence electrons. The Hall–Kier alpha value is -1.34. The summed E-state index contributed by atoms with van der Waals surface area (Å²) in [6.07, 6.45) is 1.63. The van der Waals surface area contributed by atoms with Crippen LogP contribution >= 0.6 is 0 Å². The van der Waals surface area contributed by atoms with Gasteiger partial charge in [0.25, 0.3) is 11.3 Å². The van der Waals surface area contributed by atoms with Gasteiger partial charge in [-0.1, -0.05) is 6.08 Å². The third-order valence-electron chi connectivity index (χ3n) is 2.96. The van der Waals surface area contributed by atoms with Crippen molar-refractivity contribution in [1.82, 2.24) is 4.41 Å². The first-order valence-electron chi connectivity index (χ1n) is 5.63. The predicted molar refractivity (Wildman–Crippen MR) is 65.8 cm³/mol. The zero-order chi connectivity index (χ0) is 13.4. The quantitative estimate of drug-likeness (QED) is 0.695. The Kier molecular flexibility index (Phi) is 3.45. The molecule has 18 heavy (non-hydrogen) atoms. The molecule has 3 atom stereocenters. The van der Waals surface area contributed by atoms with Crippen molar-refractivity contribution < 1.29 is 18.0 Å². The van der Waals surface area contributed by atoms with Gasteiger partial charge in [0.05, 0.1) is 18.6 Å². The van der Waals surface area contributed by atoms with Gasteiger partial charge in [-0.05, 0) is 26.3 Å². The molecule has 0 saturated carbocycles. The molecular weight excluding hydrogens is 256 g/mol. The second-order valence-corrected chi connectivity index (χ2v) is 5.22. The minimum Gasteiger partial charge on any atom is -0.290 e. The first kappa shape index (κ1) is 13.1. The van der Waals surface area contributed by atoms with Crippen LogP contribution in [0.4, 0.5) is 0 Å². The molecule has 0 fully saturated rings. The Morgan fingerprint density at radius 2 is 2.11 bits per heavy atom. The van der Waals surface area contributed by atoms with Gasteiger partial charge in [-0.2, -0.15) is 9.52 Å². The Morgan fingerprint density at radius 1 is 1.44 bits per heavy atom. The van der Waals surface area contributed by atoms with Crippen LogP contribution in [-0.4, -0.2) is 38.6 Å². The molecule has 0 spiro atoms. The van der Waals surface area contributed by atoms with E-state index in [9.17, 15) is 13.8 Å². The fourth-order valence-corrected chi connectivity index (χ4v) is 3.01. The number of hydrogen-bond acceptors (Lipinski definition) is 5.